The first-order valence-corrected chi connectivity index (χ1v) is 15.9. The maximum atomic E-state index is 12.6. The number of nitrogens with one attached hydrogen (secondary N) is 2. The number of aliphatic hydroxyl groups excluding tert-OH is 1. The molecule has 0 bridgehead atoms. The van der Waals surface area contributed by atoms with E-state index in [9.17, 15) is 27.6 Å². The molecule has 10 nitrogen and oxygen atoms in total. The number of hydrogen-bond donors (Lipinski definition) is 3. The fraction of sp³-hybridized carbons (Fsp3) is 0.364. The van der Waals surface area contributed by atoms with E-state index >= 15 is 0 Å². The van der Waals surface area contributed by atoms with Crippen LogP contribution in [0, 0.1) is 0 Å². The lowest BCUT2D eigenvalue weighted by Crippen LogP contribution is -2.30. The number of carbonyl (C=O) groups is 3. The minimum Gasteiger partial charge on any atom is -0.383 e. The Balaban J connectivity index is 1.15. The topological polar surface area (TPSA) is 147 Å². The number of aliphatic hydroxyl groups is 1. The molecule has 2 heterocycles. The zero-order valence-electron chi connectivity index (χ0n) is 25.7. The van der Waals surface area contributed by atoms with Gasteiger partial charge in [-0.05, 0) is 61.4 Å². The molecule has 14 heteroatoms. The highest BCUT2D eigenvalue weighted by Gasteiger charge is 2.39. The summed E-state index contributed by atoms with van der Waals surface area (Å²) in [6.07, 6.45) is -5.34. The van der Waals surface area contributed by atoms with Crippen LogP contribution in [0.25, 0.3) is 0 Å². The van der Waals surface area contributed by atoms with E-state index in [2.05, 4.69) is 31.0 Å². The van der Waals surface area contributed by atoms with E-state index in [1.54, 1.807) is 36.4 Å². The van der Waals surface area contributed by atoms with Gasteiger partial charge in [-0.1, -0.05) is 65.9 Å². The predicted octanol–water partition coefficient (Wildman–Crippen LogP) is 5.63. The summed E-state index contributed by atoms with van der Waals surface area (Å²) in [6.45, 7) is 1.85. The third-order valence-electron chi connectivity index (χ3n) is 7.30. The number of ketones is 1. The Hall–Kier alpha value is -4.56. The molecule has 0 radical (unpaired) electrons. The Morgan fingerprint density at radius 3 is 2.32 bits per heavy atom. The van der Waals surface area contributed by atoms with Crippen molar-refractivity contribution >= 4 is 39.9 Å². The fourth-order valence-corrected chi connectivity index (χ4v) is 5.42. The SMILES string of the molecule is CC(C(=O)Nc1nnc(CCCCc2ccc(NC(=O)Cc3cccc(CCC(=O)CC(O)C(F)(F)F)c3)nn2)s1)c1ccccc1. The maximum absolute atomic E-state index is 12.6. The van der Waals surface area contributed by atoms with E-state index in [0.29, 0.717) is 34.9 Å². The van der Waals surface area contributed by atoms with E-state index in [1.807, 2.05) is 37.3 Å². The number of anilines is 2. The van der Waals surface area contributed by atoms with Gasteiger partial charge in [-0.2, -0.15) is 18.3 Å². The highest BCUT2D eigenvalue weighted by molar-refractivity contribution is 7.15. The summed E-state index contributed by atoms with van der Waals surface area (Å²) in [5, 5.41) is 32.5. The Labute approximate surface area is 273 Å². The van der Waals surface area contributed by atoms with Gasteiger partial charge in [0, 0.05) is 19.3 Å². The lowest BCUT2D eigenvalue weighted by molar-refractivity contribution is -0.205. The molecule has 2 atom stereocenters. The van der Waals surface area contributed by atoms with Crippen molar-refractivity contribution in [1.82, 2.24) is 20.4 Å². The summed E-state index contributed by atoms with van der Waals surface area (Å²) in [5.74, 6) is -1.16. The van der Waals surface area contributed by atoms with Crippen LogP contribution in [0.5, 0.6) is 0 Å². The molecule has 248 valence electrons. The third-order valence-corrected chi connectivity index (χ3v) is 8.20. The number of nitrogens with zero attached hydrogens (tertiary/aromatic N) is 4. The van der Waals surface area contributed by atoms with Crippen molar-refractivity contribution in [2.24, 2.45) is 0 Å². The monoisotopic (exact) mass is 668 g/mol. The van der Waals surface area contributed by atoms with Crippen molar-refractivity contribution in [3.63, 3.8) is 0 Å². The Morgan fingerprint density at radius 1 is 0.851 bits per heavy atom. The first-order valence-electron chi connectivity index (χ1n) is 15.1. The van der Waals surface area contributed by atoms with Crippen molar-refractivity contribution in [3.8, 4) is 0 Å². The van der Waals surface area contributed by atoms with Crippen LogP contribution < -0.4 is 10.6 Å². The average molecular weight is 669 g/mol. The van der Waals surface area contributed by atoms with Crippen molar-refractivity contribution in [2.75, 3.05) is 10.6 Å². The van der Waals surface area contributed by atoms with Gasteiger partial charge >= 0.3 is 6.18 Å². The number of carbonyl (C=O) groups excluding carboxylic acids is 3. The number of amides is 2. The molecule has 0 fully saturated rings. The van der Waals surface area contributed by atoms with Crippen molar-refractivity contribution in [3.05, 3.63) is 94.1 Å². The summed E-state index contributed by atoms with van der Waals surface area (Å²) in [5.41, 5.74) is 3.06. The predicted molar refractivity (Wildman–Crippen MR) is 171 cm³/mol. The molecule has 4 aromatic rings. The van der Waals surface area contributed by atoms with Crippen LogP contribution in [-0.2, 0) is 40.1 Å². The minimum absolute atomic E-state index is 0.0288. The normalized spacial score (nSPS) is 12.7. The molecule has 2 amide bonds. The van der Waals surface area contributed by atoms with Gasteiger partial charge in [-0.3, -0.25) is 14.4 Å². The Morgan fingerprint density at radius 2 is 1.60 bits per heavy atom. The van der Waals surface area contributed by atoms with Gasteiger partial charge in [-0.15, -0.1) is 15.3 Å². The lowest BCUT2D eigenvalue weighted by atomic mass is 10.0. The van der Waals surface area contributed by atoms with Crippen LogP contribution in [0.1, 0.15) is 65.9 Å². The van der Waals surface area contributed by atoms with Gasteiger partial charge < -0.3 is 15.7 Å². The molecule has 47 heavy (non-hydrogen) atoms. The number of rotatable bonds is 16. The Bertz CT molecular complexity index is 1630. The van der Waals surface area contributed by atoms with Gasteiger partial charge in [0.15, 0.2) is 11.9 Å². The summed E-state index contributed by atoms with van der Waals surface area (Å²) >= 11 is 1.36. The second kappa shape index (κ2) is 16.8. The molecule has 0 spiro atoms. The van der Waals surface area contributed by atoms with Crippen LogP contribution in [0.3, 0.4) is 0 Å². The van der Waals surface area contributed by atoms with Gasteiger partial charge in [0.1, 0.15) is 10.8 Å². The van der Waals surface area contributed by atoms with Crippen LogP contribution in [0.4, 0.5) is 24.1 Å². The third kappa shape index (κ3) is 11.6. The van der Waals surface area contributed by atoms with Crippen LogP contribution in [0.15, 0.2) is 66.7 Å². The second-order valence-electron chi connectivity index (χ2n) is 11.1. The largest absolute Gasteiger partial charge is 0.414 e. The van der Waals surface area contributed by atoms with Gasteiger partial charge in [-0.25, -0.2) is 0 Å². The molecule has 0 aliphatic rings. The minimum atomic E-state index is -4.83. The van der Waals surface area contributed by atoms with Crippen LogP contribution >= 0.6 is 11.3 Å². The van der Waals surface area contributed by atoms with Gasteiger partial charge in [0.05, 0.1) is 18.0 Å². The molecule has 2 unspecified atom stereocenters. The van der Waals surface area contributed by atoms with Crippen molar-refractivity contribution in [2.45, 2.75) is 76.5 Å². The van der Waals surface area contributed by atoms with Crippen LogP contribution in [-0.4, -0.2) is 55.4 Å². The first kappa shape index (κ1) is 35.3. The molecule has 4 rings (SSSR count). The molecule has 0 aliphatic heterocycles. The molecule has 3 N–H and O–H groups in total. The molecular weight excluding hydrogens is 633 g/mol. The van der Waals surface area contributed by atoms with E-state index in [1.165, 1.54) is 11.3 Å². The molecule has 0 aliphatic carbocycles. The molecule has 2 aromatic carbocycles. The molecular formula is C33H35F3N6O4S. The van der Waals surface area contributed by atoms with E-state index in [-0.39, 0.29) is 37.0 Å². The van der Waals surface area contributed by atoms with Crippen LogP contribution in [0.2, 0.25) is 0 Å². The highest BCUT2D eigenvalue weighted by Crippen LogP contribution is 2.24. The smallest absolute Gasteiger partial charge is 0.383 e. The number of hydrogen-bond acceptors (Lipinski definition) is 9. The number of Topliss-reactive ketones (excluding diaryl/α,β-unsaturated/α-hetero) is 1. The quantitative estimate of drug-likeness (QED) is 0.130. The summed E-state index contributed by atoms with van der Waals surface area (Å²) < 4.78 is 37.4. The van der Waals surface area contributed by atoms with Gasteiger partial charge in [0.2, 0.25) is 16.9 Å². The summed E-state index contributed by atoms with van der Waals surface area (Å²) in [7, 11) is 0. The van der Waals surface area contributed by atoms with E-state index < -0.39 is 24.5 Å². The Kier molecular flexibility index (Phi) is 12.6. The lowest BCUT2D eigenvalue weighted by Gasteiger charge is -2.13. The zero-order chi connectivity index (χ0) is 33.8. The number of unbranched alkanes of at least 4 members (excludes halogenated alkanes) is 1. The van der Waals surface area contributed by atoms with Crippen molar-refractivity contribution < 1.29 is 32.7 Å². The van der Waals surface area contributed by atoms with E-state index in [0.717, 1.165) is 29.1 Å². The first-order chi connectivity index (χ1) is 22.5. The fourth-order valence-electron chi connectivity index (χ4n) is 4.64. The molecule has 0 saturated carbocycles. The summed E-state index contributed by atoms with van der Waals surface area (Å²) in [6, 6.07) is 19.9. The summed E-state index contributed by atoms with van der Waals surface area (Å²) in [4.78, 5) is 36.9. The number of benzene rings is 2. The molecule has 2 aromatic heterocycles. The number of halogens is 3. The molecule has 0 saturated heterocycles. The number of aromatic nitrogens is 4. The van der Waals surface area contributed by atoms with Gasteiger partial charge in [0.25, 0.3) is 0 Å². The number of aryl methyl sites for hydroxylation is 3. The highest BCUT2D eigenvalue weighted by atomic mass is 32.1. The average Bonchev–Trinajstić information content (AvgIpc) is 3.49. The maximum Gasteiger partial charge on any atom is 0.414 e. The van der Waals surface area contributed by atoms with Crippen molar-refractivity contribution in [1.29, 1.82) is 0 Å². The zero-order valence-corrected chi connectivity index (χ0v) is 26.5. The van der Waals surface area contributed by atoms with E-state index in [4.69, 9.17) is 5.11 Å². The number of alkyl halides is 3. The second-order valence-corrected chi connectivity index (χ2v) is 12.1. The standard InChI is InChI=1S/C33H35F3N6O4S/c1-21(24-10-3-2-4-11-24)31(46)38-32-42-41-30(47-32)13-6-5-12-25-15-17-28(40-39-25)37-29(45)19-23-9-7-8-22(18-23)14-16-26(43)20-27(44)33(34,35)36/h2-4,7-11,15,17-18,21,27,44H,5-6,12-14,16,19-20H2,1H3,(H,37,40,45)(H,38,42,46).